The lowest BCUT2D eigenvalue weighted by Gasteiger charge is -2.40. The molecular formula is C10H20N2O2. The van der Waals surface area contributed by atoms with E-state index in [-0.39, 0.29) is 11.9 Å². The van der Waals surface area contributed by atoms with Crippen molar-refractivity contribution in [3.8, 4) is 0 Å². The van der Waals surface area contributed by atoms with Crippen LogP contribution < -0.4 is 0 Å². The van der Waals surface area contributed by atoms with Crippen LogP contribution in [0, 0.1) is 0 Å². The van der Waals surface area contributed by atoms with Crippen LogP contribution in [0.15, 0.2) is 0 Å². The molecule has 1 saturated heterocycles. The maximum Gasteiger partial charge on any atom is 0.254 e. The van der Waals surface area contributed by atoms with Crippen molar-refractivity contribution in [2.24, 2.45) is 0 Å². The van der Waals surface area contributed by atoms with Gasteiger partial charge in [0, 0.05) is 25.7 Å². The Balaban J connectivity index is 2.65. The average molecular weight is 200 g/mol. The first-order valence-electron chi connectivity index (χ1n) is 5.04. The molecule has 1 amide bonds. The van der Waals surface area contributed by atoms with Gasteiger partial charge in [0.25, 0.3) is 5.91 Å². The molecule has 1 rings (SSSR count). The van der Waals surface area contributed by atoms with Crippen LogP contribution in [-0.2, 0) is 4.79 Å². The molecule has 1 aliphatic heterocycles. The third-order valence-electron chi connectivity index (χ3n) is 2.61. The standard InChI is InChI=1S/C10H20N2O2/c1-8-7-11(4)5-6-12(8)9(13)10(2,3)14/h8,14H,5-7H2,1-4H3/t8-/m1/s1. The first-order valence-corrected chi connectivity index (χ1v) is 5.04. The summed E-state index contributed by atoms with van der Waals surface area (Å²) in [5.41, 5.74) is -1.25. The molecule has 0 aromatic carbocycles. The quantitative estimate of drug-likeness (QED) is 0.644. The normalized spacial score (nSPS) is 25.2. The van der Waals surface area contributed by atoms with Crippen molar-refractivity contribution < 1.29 is 9.90 Å². The minimum absolute atomic E-state index is 0.168. The van der Waals surface area contributed by atoms with E-state index in [2.05, 4.69) is 4.90 Å². The van der Waals surface area contributed by atoms with Gasteiger partial charge in [0.15, 0.2) is 0 Å². The maximum atomic E-state index is 11.8. The van der Waals surface area contributed by atoms with Gasteiger partial charge in [0.2, 0.25) is 0 Å². The summed E-state index contributed by atoms with van der Waals surface area (Å²) in [5, 5.41) is 9.62. The molecule has 14 heavy (non-hydrogen) atoms. The minimum atomic E-state index is -1.25. The van der Waals surface area contributed by atoms with Crippen molar-refractivity contribution in [2.45, 2.75) is 32.4 Å². The number of likely N-dealkylation sites (N-methyl/N-ethyl adjacent to an activating group) is 1. The number of amides is 1. The second-order valence-corrected chi connectivity index (χ2v) is 4.67. The molecule has 1 atom stereocenters. The molecule has 0 unspecified atom stereocenters. The highest BCUT2D eigenvalue weighted by Crippen LogP contribution is 2.14. The first-order chi connectivity index (χ1) is 6.32. The number of hydrogen-bond acceptors (Lipinski definition) is 3. The van der Waals surface area contributed by atoms with E-state index in [1.54, 1.807) is 18.7 Å². The summed E-state index contributed by atoms with van der Waals surface area (Å²) >= 11 is 0. The molecule has 0 spiro atoms. The highest BCUT2D eigenvalue weighted by atomic mass is 16.3. The molecule has 82 valence electrons. The number of rotatable bonds is 1. The van der Waals surface area contributed by atoms with Crippen LogP contribution >= 0.6 is 0 Å². The number of piperazine rings is 1. The fraction of sp³-hybridized carbons (Fsp3) is 0.900. The third kappa shape index (κ3) is 2.45. The SMILES string of the molecule is C[C@@H]1CN(C)CCN1C(=O)C(C)(C)O. The largest absolute Gasteiger partial charge is 0.381 e. The van der Waals surface area contributed by atoms with E-state index in [1.165, 1.54) is 0 Å². The molecule has 0 bridgehead atoms. The maximum absolute atomic E-state index is 11.8. The van der Waals surface area contributed by atoms with Crippen molar-refractivity contribution in [2.75, 3.05) is 26.7 Å². The number of carbonyl (C=O) groups excluding carboxylic acids is 1. The van der Waals surface area contributed by atoms with Crippen LogP contribution in [0.25, 0.3) is 0 Å². The summed E-state index contributed by atoms with van der Waals surface area (Å²) in [5.74, 6) is -0.168. The fourth-order valence-electron chi connectivity index (χ4n) is 1.79. The Morgan fingerprint density at radius 3 is 2.43 bits per heavy atom. The number of aliphatic hydroxyl groups is 1. The molecule has 0 radical (unpaired) electrons. The Morgan fingerprint density at radius 2 is 2.00 bits per heavy atom. The minimum Gasteiger partial charge on any atom is -0.381 e. The predicted octanol–water partition coefficient (Wildman–Crippen LogP) is -0.0802. The summed E-state index contributed by atoms with van der Waals surface area (Å²) in [7, 11) is 2.04. The topological polar surface area (TPSA) is 43.8 Å². The third-order valence-corrected chi connectivity index (χ3v) is 2.61. The number of hydrogen-bond donors (Lipinski definition) is 1. The summed E-state index contributed by atoms with van der Waals surface area (Å²) < 4.78 is 0. The highest BCUT2D eigenvalue weighted by Gasteiger charge is 2.34. The Morgan fingerprint density at radius 1 is 1.43 bits per heavy atom. The molecule has 1 fully saturated rings. The second-order valence-electron chi connectivity index (χ2n) is 4.67. The smallest absolute Gasteiger partial charge is 0.254 e. The van der Waals surface area contributed by atoms with E-state index in [1.807, 2.05) is 14.0 Å². The van der Waals surface area contributed by atoms with Gasteiger partial charge in [-0.1, -0.05) is 0 Å². The van der Waals surface area contributed by atoms with E-state index in [4.69, 9.17) is 0 Å². The van der Waals surface area contributed by atoms with Gasteiger partial charge < -0.3 is 14.9 Å². The Bertz CT molecular complexity index is 223. The zero-order valence-corrected chi connectivity index (χ0v) is 9.45. The van der Waals surface area contributed by atoms with Gasteiger partial charge in [-0.3, -0.25) is 4.79 Å². The monoisotopic (exact) mass is 200 g/mol. The van der Waals surface area contributed by atoms with Crippen molar-refractivity contribution >= 4 is 5.91 Å². The van der Waals surface area contributed by atoms with E-state index < -0.39 is 5.60 Å². The lowest BCUT2D eigenvalue weighted by atomic mass is 10.1. The molecule has 0 aliphatic carbocycles. The molecule has 0 aromatic rings. The molecular weight excluding hydrogens is 180 g/mol. The lowest BCUT2D eigenvalue weighted by molar-refractivity contribution is -0.152. The van der Waals surface area contributed by atoms with Crippen LogP contribution in [0.1, 0.15) is 20.8 Å². The summed E-state index contributed by atoms with van der Waals surface area (Å²) in [6, 6.07) is 0.188. The van der Waals surface area contributed by atoms with E-state index in [0.717, 1.165) is 13.1 Å². The zero-order valence-electron chi connectivity index (χ0n) is 9.45. The Hall–Kier alpha value is -0.610. The number of nitrogens with zero attached hydrogens (tertiary/aromatic N) is 2. The molecule has 1 heterocycles. The van der Waals surface area contributed by atoms with Crippen LogP contribution in [0.4, 0.5) is 0 Å². The average Bonchev–Trinajstić information content (AvgIpc) is 2.01. The van der Waals surface area contributed by atoms with Gasteiger partial charge in [-0.25, -0.2) is 0 Å². The van der Waals surface area contributed by atoms with Gasteiger partial charge >= 0.3 is 0 Å². The summed E-state index contributed by atoms with van der Waals surface area (Å²) in [4.78, 5) is 15.8. The van der Waals surface area contributed by atoms with Gasteiger partial charge in [-0.15, -0.1) is 0 Å². The Kier molecular flexibility index (Phi) is 3.17. The van der Waals surface area contributed by atoms with Gasteiger partial charge in [-0.2, -0.15) is 0 Å². The van der Waals surface area contributed by atoms with Crippen LogP contribution in [-0.4, -0.2) is 59.1 Å². The number of carbonyl (C=O) groups is 1. The van der Waals surface area contributed by atoms with Crippen LogP contribution in [0.3, 0.4) is 0 Å². The lowest BCUT2D eigenvalue weighted by Crippen LogP contribution is -2.57. The van der Waals surface area contributed by atoms with Crippen LogP contribution in [0.5, 0.6) is 0 Å². The van der Waals surface area contributed by atoms with Crippen molar-refractivity contribution in [3.05, 3.63) is 0 Å². The molecule has 1 N–H and O–H groups in total. The molecule has 0 saturated carbocycles. The van der Waals surface area contributed by atoms with Crippen molar-refractivity contribution in [3.63, 3.8) is 0 Å². The summed E-state index contributed by atoms with van der Waals surface area (Å²) in [6.45, 7) is 7.56. The fourth-order valence-corrected chi connectivity index (χ4v) is 1.79. The zero-order chi connectivity index (χ0) is 10.9. The van der Waals surface area contributed by atoms with E-state index in [9.17, 15) is 9.90 Å². The van der Waals surface area contributed by atoms with Gasteiger partial charge in [0.1, 0.15) is 5.60 Å². The Labute approximate surface area is 85.5 Å². The highest BCUT2D eigenvalue weighted by molar-refractivity contribution is 5.84. The predicted molar refractivity (Wildman–Crippen MR) is 55.0 cm³/mol. The van der Waals surface area contributed by atoms with E-state index >= 15 is 0 Å². The van der Waals surface area contributed by atoms with Crippen molar-refractivity contribution in [1.82, 2.24) is 9.80 Å². The molecule has 1 aliphatic rings. The molecule has 4 heteroatoms. The van der Waals surface area contributed by atoms with Crippen molar-refractivity contribution in [1.29, 1.82) is 0 Å². The van der Waals surface area contributed by atoms with Crippen LogP contribution in [0.2, 0.25) is 0 Å². The van der Waals surface area contributed by atoms with E-state index in [0.29, 0.717) is 6.54 Å². The summed E-state index contributed by atoms with van der Waals surface area (Å²) in [6.07, 6.45) is 0. The molecule has 4 nitrogen and oxygen atoms in total. The first kappa shape index (κ1) is 11.5. The molecule has 0 aromatic heterocycles. The van der Waals surface area contributed by atoms with Gasteiger partial charge in [0.05, 0.1) is 0 Å². The second kappa shape index (κ2) is 3.87. The van der Waals surface area contributed by atoms with Gasteiger partial charge in [-0.05, 0) is 27.8 Å².